The zero-order valence-corrected chi connectivity index (χ0v) is 12.3. The Morgan fingerprint density at radius 3 is 2.63 bits per heavy atom. The highest BCUT2D eigenvalue weighted by Gasteiger charge is 2.28. The van der Waals surface area contributed by atoms with E-state index in [1.807, 2.05) is 0 Å². The molecule has 0 amide bonds. The quantitative estimate of drug-likeness (QED) is 0.681. The summed E-state index contributed by atoms with van der Waals surface area (Å²) in [6, 6.07) is 6.71. The van der Waals surface area contributed by atoms with Crippen LogP contribution in [0.25, 0.3) is 0 Å². The molecule has 2 unspecified atom stereocenters. The predicted molar refractivity (Wildman–Crippen MR) is 75.0 cm³/mol. The zero-order chi connectivity index (χ0) is 13.8. The third kappa shape index (κ3) is 3.88. The third-order valence-electron chi connectivity index (χ3n) is 3.15. The molecule has 1 aromatic rings. The van der Waals surface area contributed by atoms with Crippen molar-refractivity contribution in [2.24, 2.45) is 5.92 Å². The molecule has 0 aliphatic carbocycles. The molecule has 0 radical (unpaired) electrons. The van der Waals surface area contributed by atoms with Crippen LogP contribution in [0.1, 0.15) is 23.7 Å². The second-order valence-corrected chi connectivity index (χ2v) is 5.76. The van der Waals surface area contributed by atoms with E-state index in [-0.39, 0.29) is 24.4 Å². The summed E-state index contributed by atoms with van der Waals surface area (Å²) in [5.74, 6) is -0.0542. The molecule has 1 aliphatic heterocycles. The van der Waals surface area contributed by atoms with E-state index in [0.29, 0.717) is 11.5 Å². The molecule has 1 aromatic carbocycles. The van der Waals surface area contributed by atoms with Crippen LogP contribution in [0.4, 0.5) is 0 Å². The first-order chi connectivity index (χ1) is 9.06. The van der Waals surface area contributed by atoms with Gasteiger partial charge < -0.3 is 10.1 Å². The number of carbonyl (C=O) groups is 2. The molecule has 5 heteroatoms. The highest BCUT2D eigenvalue weighted by Crippen LogP contribution is 2.14. The van der Waals surface area contributed by atoms with E-state index in [2.05, 4.69) is 28.2 Å². The van der Waals surface area contributed by atoms with Gasteiger partial charge in [0.1, 0.15) is 6.04 Å². The zero-order valence-electron chi connectivity index (χ0n) is 10.7. The Balaban J connectivity index is 1.83. The molecule has 0 saturated carbocycles. The van der Waals surface area contributed by atoms with E-state index in [1.54, 1.807) is 24.3 Å². The summed E-state index contributed by atoms with van der Waals surface area (Å²) in [4.78, 5) is 23.6. The van der Waals surface area contributed by atoms with Crippen LogP contribution < -0.4 is 5.32 Å². The number of hydrogen-bond acceptors (Lipinski definition) is 4. The van der Waals surface area contributed by atoms with E-state index in [4.69, 9.17) is 4.74 Å². The van der Waals surface area contributed by atoms with Crippen molar-refractivity contribution >= 4 is 27.7 Å². The number of benzene rings is 1. The first-order valence-electron chi connectivity index (χ1n) is 6.25. The summed E-state index contributed by atoms with van der Waals surface area (Å²) in [6.45, 7) is 2.70. The monoisotopic (exact) mass is 325 g/mol. The van der Waals surface area contributed by atoms with Gasteiger partial charge in [-0.3, -0.25) is 9.59 Å². The van der Waals surface area contributed by atoms with E-state index in [1.165, 1.54) is 0 Å². The Bertz CT molecular complexity index is 472. The summed E-state index contributed by atoms with van der Waals surface area (Å²) in [5, 5.41) is 3.09. The van der Waals surface area contributed by atoms with Crippen LogP contribution in [0, 0.1) is 5.92 Å². The molecule has 0 aromatic heterocycles. The number of halogens is 1. The minimum absolute atomic E-state index is 0.188. The van der Waals surface area contributed by atoms with Gasteiger partial charge in [-0.1, -0.05) is 35.0 Å². The molecule has 19 heavy (non-hydrogen) atoms. The van der Waals surface area contributed by atoms with Crippen molar-refractivity contribution in [1.29, 1.82) is 0 Å². The Labute approximate surface area is 120 Å². The van der Waals surface area contributed by atoms with Crippen LogP contribution in [-0.2, 0) is 9.53 Å². The molecular weight excluding hydrogens is 310 g/mol. The maximum atomic E-state index is 11.8. The topological polar surface area (TPSA) is 55.4 Å². The molecule has 1 aliphatic rings. The largest absolute Gasteiger partial charge is 0.456 e. The molecule has 1 saturated heterocycles. The molecule has 1 N–H and O–H groups in total. The Kier molecular flexibility index (Phi) is 4.71. The highest BCUT2D eigenvalue weighted by atomic mass is 79.9. The maximum Gasteiger partial charge on any atom is 0.323 e. The van der Waals surface area contributed by atoms with Gasteiger partial charge >= 0.3 is 5.97 Å². The van der Waals surface area contributed by atoms with Crippen LogP contribution in [-0.4, -0.2) is 30.9 Å². The first kappa shape index (κ1) is 14.2. The van der Waals surface area contributed by atoms with Gasteiger partial charge in [-0.2, -0.15) is 0 Å². The van der Waals surface area contributed by atoms with Gasteiger partial charge in [-0.05, 0) is 31.0 Å². The minimum Gasteiger partial charge on any atom is -0.456 e. The molecule has 0 spiro atoms. The van der Waals surface area contributed by atoms with Crippen molar-refractivity contribution in [3.8, 4) is 0 Å². The second kappa shape index (κ2) is 6.30. The Hall–Kier alpha value is -1.20. The van der Waals surface area contributed by atoms with Crippen LogP contribution >= 0.6 is 15.9 Å². The van der Waals surface area contributed by atoms with Gasteiger partial charge in [0.2, 0.25) is 0 Å². The summed E-state index contributed by atoms with van der Waals surface area (Å²) < 4.78 is 5.97. The molecule has 2 atom stereocenters. The fourth-order valence-corrected chi connectivity index (χ4v) is 2.31. The maximum absolute atomic E-state index is 11.8. The second-order valence-electron chi connectivity index (χ2n) is 4.84. The summed E-state index contributed by atoms with van der Waals surface area (Å²) >= 11 is 3.30. The van der Waals surface area contributed by atoms with Gasteiger partial charge in [-0.25, -0.2) is 0 Å². The predicted octanol–water partition coefficient (Wildman–Crippen LogP) is 2.17. The van der Waals surface area contributed by atoms with Crippen LogP contribution in [0.5, 0.6) is 0 Å². The van der Waals surface area contributed by atoms with Gasteiger partial charge in [0.15, 0.2) is 12.4 Å². The normalized spacial score (nSPS) is 22.2. The number of ether oxygens (including phenoxy) is 1. The minimum atomic E-state index is -0.338. The van der Waals surface area contributed by atoms with E-state index in [0.717, 1.165) is 17.4 Å². The Morgan fingerprint density at radius 1 is 1.37 bits per heavy atom. The molecule has 4 nitrogen and oxygen atoms in total. The fraction of sp³-hybridized carbons (Fsp3) is 0.429. The molecule has 1 fully saturated rings. The summed E-state index contributed by atoms with van der Waals surface area (Å²) in [6.07, 6.45) is 0.769. The van der Waals surface area contributed by atoms with Crippen molar-refractivity contribution in [2.45, 2.75) is 19.4 Å². The number of ketones is 1. The number of carbonyl (C=O) groups excluding carboxylic acids is 2. The van der Waals surface area contributed by atoms with Crippen LogP contribution in [0.3, 0.4) is 0 Å². The van der Waals surface area contributed by atoms with Crippen LogP contribution in [0.15, 0.2) is 28.7 Å². The van der Waals surface area contributed by atoms with Gasteiger partial charge in [0.05, 0.1) is 0 Å². The number of esters is 1. The number of rotatable bonds is 4. The first-order valence-corrected chi connectivity index (χ1v) is 7.04. The van der Waals surface area contributed by atoms with E-state index < -0.39 is 0 Å². The highest BCUT2D eigenvalue weighted by molar-refractivity contribution is 9.10. The van der Waals surface area contributed by atoms with Gasteiger partial charge in [-0.15, -0.1) is 0 Å². The van der Waals surface area contributed by atoms with Crippen molar-refractivity contribution in [3.05, 3.63) is 34.3 Å². The third-order valence-corrected chi connectivity index (χ3v) is 3.68. The lowest BCUT2D eigenvalue weighted by Crippen LogP contribution is -2.33. The SMILES string of the molecule is CC1CNC(C(=O)OCC(=O)c2ccc(Br)cc2)C1. The fourth-order valence-electron chi connectivity index (χ4n) is 2.05. The number of nitrogens with one attached hydrogen (secondary N) is 1. The van der Waals surface area contributed by atoms with Crippen LogP contribution in [0.2, 0.25) is 0 Å². The number of hydrogen-bond donors (Lipinski definition) is 1. The van der Waals surface area contributed by atoms with Crippen molar-refractivity contribution < 1.29 is 14.3 Å². The smallest absolute Gasteiger partial charge is 0.323 e. The molecule has 1 heterocycles. The lowest BCUT2D eigenvalue weighted by molar-refractivity contribution is -0.144. The molecule has 0 bridgehead atoms. The molecule has 2 rings (SSSR count). The van der Waals surface area contributed by atoms with Gasteiger partial charge in [0.25, 0.3) is 0 Å². The standard InChI is InChI=1S/C14H16BrNO3/c1-9-6-12(16-7-9)14(18)19-8-13(17)10-2-4-11(15)5-3-10/h2-5,9,12,16H,6-8H2,1H3. The van der Waals surface area contributed by atoms with Crippen molar-refractivity contribution in [2.75, 3.05) is 13.2 Å². The summed E-state index contributed by atoms with van der Waals surface area (Å²) in [5.41, 5.74) is 0.545. The van der Waals surface area contributed by atoms with E-state index >= 15 is 0 Å². The average Bonchev–Trinajstić information content (AvgIpc) is 2.83. The lowest BCUT2D eigenvalue weighted by atomic mass is 10.1. The van der Waals surface area contributed by atoms with Crippen molar-refractivity contribution in [1.82, 2.24) is 5.32 Å². The van der Waals surface area contributed by atoms with E-state index in [9.17, 15) is 9.59 Å². The molecule has 102 valence electrons. The number of Topliss-reactive ketones (excluding diaryl/α,β-unsaturated/α-hetero) is 1. The Morgan fingerprint density at radius 2 is 2.05 bits per heavy atom. The van der Waals surface area contributed by atoms with Crippen molar-refractivity contribution in [3.63, 3.8) is 0 Å². The summed E-state index contributed by atoms with van der Waals surface area (Å²) in [7, 11) is 0. The average molecular weight is 326 g/mol. The lowest BCUT2D eigenvalue weighted by Gasteiger charge is -2.09. The van der Waals surface area contributed by atoms with Gasteiger partial charge in [0, 0.05) is 10.0 Å². The molecular formula is C14H16BrNO3.